The van der Waals surface area contributed by atoms with E-state index in [1.54, 1.807) is 19.2 Å². The van der Waals surface area contributed by atoms with Crippen molar-refractivity contribution in [3.63, 3.8) is 0 Å². The average Bonchev–Trinajstić information content (AvgIpc) is 2.31. The number of aromatic nitrogens is 1. The highest BCUT2D eigenvalue weighted by molar-refractivity contribution is 9.10. The van der Waals surface area contributed by atoms with E-state index >= 15 is 0 Å². The number of anilines is 1. The SMILES string of the molecule is Cc1cnccc1NS(=O)(=O)c1ccc(F)cc1Br. The molecule has 4 nitrogen and oxygen atoms in total. The average molecular weight is 345 g/mol. The number of aryl methyl sites for hydroxylation is 1. The highest BCUT2D eigenvalue weighted by Gasteiger charge is 2.18. The zero-order valence-corrected chi connectivity index (χ0v) is 12.3. The molecule has 0 saturated heterocycles. The van der Waals surface area contributed by atoms with Gasteiger partial charge in [0.2, 0.25) is 0 Å². The Morgan fingerprint density at radius 2 is 2.05 bits per heavy atom. The molecule has 2 rings (SSSR count). The Hall–Kier alpha value is -1.47. The second-order valence-corrected chi connectivity index (χ2v) is 6.38. The molecule has 19 heavy (non-hydrogen) atoms. The first kappa shape index (κ1) is 14.0. The van der Waals surface area contributed by atoms with Crippen LogP contribution in [0.2, 0.25) is 0 Å². The Morgan fingerprint density at radius 3 is 2.68 bits per heavy atom. The van der Waals surface area contributed by atoms with E-state index in [1.807, 2.05) is 0 Å². The molecule has 0 bridgehead atoms. The molecule has 0 fully saturated rings. The van der Waals surface area contributed by atoms with Crippen molar-refractivity contribution in [3.8, 4) is 0 Å². The van der Waals surface area contributed by atoms with Crippen LogP contribution in [0, 0.1) is 12.7 Å². The number of sulfonamides is 1. The van der Waals surface area contributed by atoms with Gasteiger partial charge >= 0.3 is 0 Å². The van der Waals surface area contributed by atoms with Crippen molar-refractivity contribution in [2.75, 3.05) is 4.72 Å². The summed E-state index contributed by atoms with van der Waals surface area (Å²) in [7, 11) is -3.77. The summed E-state index contributed by atoms with van der Waals surface area (Å²) in [5.41, 5.74) is 1.13. The Kier molecular flexibility index (Phi) is 3.86. The lowest BCUT2D eigenvalue weighted by molar-refractivity contribution is 0.599. The van der Waals surface area contributed by atoms with Crippen molar-refractivity contribution in [2.24, 2.45) is 0 Å². The third-order valence-corrected chi connectivity index (χ3v) is 4.79. The molecule has 0 radical (unpaired) electrons. The summed E-state index contributed by atoms with van der Waals surface area (Å²) < 4.78 is 40.0. The molecule has 0 spiro atoms. The van der Waals surface area contributed by atoms with Crippen molar-refractivity contribution < 1.29 is 12.8 Å². The normalized spacial score (nSPS) is 11.3. The number of hydrogen-bond acceptors (Lipinski definition) is 3. The van der Waals surface area contributed by atoms with Crippen LogP contribution in [0.5, 0.6) is 0 Å². The number of benzene rings is 1. The predicted octanol–water partition coefficient (Wildman–Crippen LogP) is 3.09. The monoisotopic (exact) mass is 344 g/mol. The first-order chi connectivity index (χ1) is 8.90. The van der Waals surface area contributed by atoms with Gasteiger partial charge in [-0.15, -0.1) is 0 Å². The van der Waals surface area contributed by atoms with Crippen LogP contribution in [-0.4, -0.2) is 13.4 Å². The van der Waals surface area contributed by atoms with Gasteiger partial charge in [0.05, 0.1) is 5.69 Å². The van der Waals surface area contributed by atoms with E-state index in [2.05, 4.69) is 25.6 Å². The maximum Gasteiger partial charge on any atom is 0.263 e. The first-order valence-electron chi connectivity index (χ1n) is 5.28. The summed E-state index contributed by atoms with van der Waals surface area (Å²) in [5.74, 6) is -0.508. The van der Waals surface area contributed by atoms with Crippen LogP contribution in [0.15, 0.2) is 46.0 Å². The van der Waals surface area contributed by atoms with Crippen LogP contribution in [0.3, 0.4) is 0 Å². The van der Waals surface area contributed by atoms with Gasteiger partial charge in [-0.1, -0.05) is 0 Å². The standard InChI is InChI=1S/C12H10BrFN2O2S/c1-8-7-15-5-4-11(8)16-19(17,18)12-3-2-9(14)6-10(12)13/h2-7H,1H3,(H,15,16). The zero-order chi connectivity index (χ0) is 14.0. The Morgan fingerprint density at radius 1 is 1.32 bits per heavy atom. The summed E-state index contributed by atoms with van der Waals surface area (Å²) >= 11 is 3.04. The van der Waals surface area contributed by atoms with Gasteiger partial charge in [0, 0.05) is 16.9 Å². The molecule has 1 aromatic heterocycles. The fraction of sp³-hybridized carbons (Fsp3) is 0.0833. The third kappa shape index (κ3) is 3.10. The minimum absolute atomic E-state index is 0.0230. The summed E-state index contributed by atoms with van der Waals surface area (Å²) in [6.07, 6.45) is 3.04. The Labute approximate surface area is 118 Å². The molecule has 0 saturated carbocycles. The molecule has 2 aromatic rings. The highest BCUT2D eigenvalue weighted by atomic mass is 79.9. The molecule has 1 aromatic carbocycles. The minimum atomic E-state index is -3.77. The van der Waals surface area contributed by atoms with Crippen LogP contribution in [0.25, 0.3) is 0 Å². The quantitative estimate of drug-likeness (QED) is 0.930. The molecule has 100 valence electrons. The molecule has 0 aliphatic rings. The van der Waals surface area contributed by atoms with Crippen molar-refractivity contribution in [2.45, 2.75) is 11.8 Å². The number of rotatable bonds is 3. The summed E-state index contributed by atoms with van der Waals surface area (Å²) in [4.78, 5) is 3.86. The lowest BCUT2D eigenvalue weighted by atomic mass is 10.3. The van der Waals surface area contributed by atoms with E-state index in [0.717, 1.165) is 12.1 Å². The summed E-state index contributed by atoms with van der Waals surface area (Å²) in [6.45, 7) is 1.74. The molecule has 0 atom stereocenters. The zero-order valence-electron chi connectivity index (χ0n) is 9.89. The largest absolute Gasteiger partial charge is 0.279 e. The van der Waals surface area contributed by atoms with E-state index in [-0.39, 0.29) is 9.37 Å². The number of halogens is 2. The number of pyridine rings is 1. The Bertz CT molecular complexity index is 719. The summed E-state index contributed by atoms with van der Waals surface area (Å²) in [5, 5.41) is 0. The molecule has 0 aliphatic carbocycles. The van der Waals surface area contributed by atoms with Gasteiger partial charge in [-0.25, -0.2) is 12.8 Å². The fourth-order valence-corrected chi connectivity index (χ4v) is 3.66. The van der Waals surface area contributed by atoms with Crippen molar-refractivity contribution in [1.82, 2.24) is 4.98 Å². The number of nitrogens with zero attached hydrogens (tertiary/aromatic N) is 1. The van der Waals surface area contributed by atoms with E-state index < -0.39 is 15.8 Å². The van der Waals surface area contributed by atoms with Gasteiger partial charge < -0.3 is 0 Å². The Balaban J connectivity index is 2.41. The first-order valence-corrected chi connectivity index (χ1v) is 7.56. The van der Waals surface area contributed by atoms with E-state index in [0.29, 0.717) is 11.3 Å². The molecule has 0 amide bonds. The van der Waals surface area contributed by atoms with Crippen LogP contribution in [0.4, 0.5) is 10.1 Å². The van der Waals surface area contributed by atoms with Gasteiger partial charge in [-0.2, -0.15) is 0 Å². The third-order valence-electron chi connectivity index (χ3n) is 2.45. The van der Waals surface area contributed by atoms with Crippen molar-refractivity contribution in [3.05, 3.63) is 52.5 Å². The van der Waals surface area contributed by atoms with Gasteiger partial charge in [0.15, 0.2) is 0 Å². The van der Waals surface area contributed by atoms with Crippen molar-refractivity contribution >= 4 is 31.6 Å². The summed E-state index contributed by atoms with van der Waals surface area (Å²) in [6, 6.07) is 4.97. The molecule has 1 heterocycles. The second-order valence-electron chi connectivity index (χ2n) is 3.87. The fourth-order valence-electron chi connectivity index (χ4n) is 1.48. The molecular formula is C12H10BrFN2O2S. The molecule has 7 heteroatoms. The molecule has 0 aliphatic heterocycles. The maximum absolute atomic E-state index is 13.0. The lowest BCUT2D eigenvalue weighted by Crippen LogP contribution is -2.14. The van der Waals surface area contributed by atoms with Gasteiger partial charge in [-0.3, -0.25) is 9.71 Å². The van der Waals surface area contributed by atoms with E-state index in [4.69, 9.17) is 0 Å². The molecular weight excluding hydrogens is 335 g/mol. The van der Waals surface area contributed by atoms with Gasteiger partial charge in [-0.05, 0) is 52.7 Å². The topological polar surface area (TPSA) is 59.1 Å². The van der Waals surface area contributed by atoms with Crippen LogP contribution in [-0.2, 0) is 10.0 Å². The minimum Gasteiger partial charge on any atom is -0.279 e. The second kappa shape index (κ2) is 5.26. The van der Waals surface area contributed by atoms with Crippen LogP contribution < -0.4 is 4.72 Å². The van der Waals surface area contributed by atoms with Gasteiger partial charge in [0.25, 0.3) is 10.0 Å². The van der Waals surface area contributed by atoms with E-state index in [9.17, 15) is 12.8 Å². The highest BCUT2D eigenvalue weighted by Crippen LogP contribution is 2.25. The van der Waals surface area contributed by atoms with Crippen LogP contribution in [0.1, 0.15) is 5.56 Å². The van der Waals surface area contributed by atoms with Crippen molar-refractivity contribution in [1.29, 1.82) is 0 Å². The van der Waals surface area contributed by atoms with Crippen LogP contribution >= 0.6 is 15.9 Å². The predicted molar refractivity (Wildman–Crippen MR) is 73.9 cm³/mol. The number of nitrogens with one attached hydrogen (secondary N) is 1. The maximum atomic E-state index is 13.0. The molecule has 0 unspecified atom stereocenters. The molecule has 1 N–H and O–H groups in total. The van der Waals surface area contributed by atoms with E-state index in [1.165, 1.54) is 12.3 Å². The van der Waals surface area contributed by atoms with Gasteiger partial charge in [0.1, 0.15) is 10.7 Å². The smallest absolute Gasteiger partial charge is 0.263 e. The lowest BCUT2D eigenvalue weighted by Gasteiger charge is -2.11. The number of hydrogen-bond donors (Lipinski definition) is 1.